The number of piperidine rings is 1. The fourth-order valence-corrected chi connectivity index (χ4v) is 3.64. The summed E-state index contributed by atoms with van der Waals surface area (Å²) in [6.45, 7) is 10.0. The third-order valence-electron chi connectivity index (χ3n) is 5.44. The Labute approximate surface area is 209 Å². The number of benzene rings is 1. The molecule has 1 fully saturated rings. The molecule has 0 unspecified atom stereocenters. The van der Waals surface area contributed by atoms with Gasteiger partial charge >= 0.3 is 0 Å². The highest BCUT2D eigenvalue weighted by molar-refractivity contribution is 14.0. The van der Waals surface area contributed by atoms with E-state index in [1.54, 1.807) is 6.20 Å². The van der Waals surface area contributed by atoms with Crippen molar-refractivity contribution in [2.24, 2.45) is 4.99 Å². The van der Waals surface area contributed by atoms with E-state index in [0.29, 0.717) is 31.1 Å². The first-order valence-electron chi connectivity index (χ1n) is 11.1. The van der Waals surface area contributed by atoms with Crippen LogP contribution in [-0.4, -0.2) is 54.7 Å². The van der Waals surface area contributed by atoms with Crippen LogP contribution in [0, 0.1) is 0 Å². The molecule has 0 radical (unpaired) electrons. The van der Waals surface area contributed by atoms with Crippen LogP contribution in [-0.2, 0) is 6.54 Å². The first-order chi connectivity index (χ1) is 15.1. The molecule has 0 atom stereocenters. The highest BCUT2D eigenvalue weighted by Gasteiger charge is 2.21. The van der Waals surface area contributed by atoms with Gasteiger partial charge in [-0.05, 0) is 69.5 Å². The maximum absolute atomic E-state index is 5.89. The second-order valence-electron chi connectivity index (χ2n) is 7.98. The van der Waals surface area contributed by atoms with Gasteiger partial charge in [-0.15, -0.1) is 24.0 Å². The molecule has 1 aromatic carbocycles. The van der Waals surface area contributed by atoms with Crippen LogP contribution in [0.15, 0.2) is 47.6 Å². The van der Waals surface area contributed by atoms with Crippen LogP contribution >= 0.6 is 24.0 Å². The van der Waals surface area contributed by atoms with E-state index in [1.165, 1.54) is 0 Å². The second kappa shape index (κ2) is 13.5. The summed E-state index contributed by atoms with van der Waals surface area (Å²) in [6.07, 6.45) is 4.03. The summed E-state index contributed by atoms with van der Waals surface area (Å²) >= 11 is 0. The van der Waals surface area contributed by atoms with Crippen molar-refractivity contribution in [3.8, 4) is 17.4 Å². The Bertz CT molecular complexity index is 837. The van der Waals surface area contributed by atoms with Crippen molar-refractivity contribution >= 4 is 29.9 Å². The minimum absolute atomic E-state index is 0. The molecule has 0 spiro atoms. The third-order valence-corrected chi connectivity index (χ3v) is 5.44. The van der Waals surface area contributed by atoms with Crippen molar-refractivity contribution in [3.05, 3.63) is 48.2 Å². The number of guanidine groups is 1. The zero-order valence-corrected chi connectivity index (χ0v) is 21.8. The van der Waals surface area contributed by atoms with E-state index in [-0.39, 0.29) is 24.0 Å². The zero-order valence-electron chi connectivity index (χ0n) is 19.5. The number of hydrogen-bond donors (Lipinski definition) is 2. The molecule has 0 saturated carbocycles. The highest BCUT2D eigenvalue weighted by Crippen LogP contribution is 2.23. The van der Waals surface area contributed by atoms with Crippen LogP contribution in [0.2, 0.25) is 0 Å². The smallest absolute Gasteiger partial charge is 0.219 e. The fraction of sp³-hybridized carbons (Fsp3) is 0.500. The second-order valence-corrected chi connectivity index (χ2v) is 7.98. The molecule has 7 nitrogen and oxygen atoms in total. The van der Waals surface area contributed by atoms with Gasteiger partial charge in [-0.3, -0.25) is 4.99 Å². The van der Waals surface area contributed by atoms with Gasteiger partial charge in [-0.1, -0.05) is 0 Å². The largest absolute Gasteiger partial charge is 0.494 e. The zero-order chi connectivity index (χ0) is 22.1. The molecule has 0 bridgehead atoms. The minimum Gasteiger partial charge on any atom is -0.494 e. The molecule has 2 aromatic rings. The summed E-state index contributed by atoms with van der Waals surface area (Å²) < 4.78 is 11.4. The molecule has 1 saturated heterocycles. The maximum atomic E-state index is 5.89. The molecule has 2 heterocycles. The number of nitrogens with zero attached hydrogens (tertiary/aromatic N) is 3. The average molecular weight is 553 g/mol. The monoisotopic (exact) mass is 553 g/mol. The van der Waals surface area contributed by atoms with Gasteiger partial charge in [0.1, 0.15) is 11.5 Å². The average Bonchev–Trinajstić information content (AvgIpc) is 2.79. The number of halogens is 1. The van der Waals surface area contributed by atoms with E-state index in [9.17, 15) is 0 Å². The summed E-state index contributed by atoms with van der Waals surface area (Å²) in [4.78, 5) is 11.2. The summed E-state index contributed by atoms with van der Waals surface area (Å²) in [5, 5.41) is 6.96. The Morgan fingerprint density at radius 3 is 2.47 bits per heavy atom. The Morgan fingerprint density at radius 2 is 1.84 bits per heavy atom. The van der Waals surface area contributed by atoms with E-state index in [0.717, 1.165) is 49.0 Å². The lowest BCUT2D eigenvalue weighted by molar-refractivity contribution is 0.167. The molecule has 1 aliphatic heterocycles. The van der Waals surface area contributed by atoms with Crippen molar-refractivity contribution in [3.63, 3.8) is 0 Å². The Morgan fingerprint density at radius 1 is 1.16 bits per heavy atom. The molecular weight excluding hydrogens is 517 g/mol. The van der Waals surface area contributed by atoms with Crippen LogP contribution < -0.4 is 20.1 Å². The van der Waals surface area contributed by atoms with Crippen molar-refractivity contribution in [2.75, 3.05) is 26.7 Å². The first-order valence-corrected chi connectivity index (χ1v) is 11.1. The predicted molar refractivity (Wildman–Crippen MR) is 140 cm³/mol. The molecule has 0 aliphatic carbocycles. The highest BCUT2D eigenvalue weighted by atomic mass is 127. The van der Waals surface area contributed by atoms with Gasteiger partial charge in [0, 0.05) is 51.0 Å². The Kier molecular flexibility index (Phi) is 11.0. The van der Waals surface area contributed by atoms with Gasteiger partial charge in [0.05, 0.1) is 6.61 Å². The number of likely N-dealkylation sites (tertiary alicyclic amines) is 1. The van der Waals surface area contributed by atoms with Gasteiger partial charge in [0.2, 0.25) is 5.88 Å². The van der Waals surface area contributed by atoms with E-state index < -0.39 is 0 Å². The Balaban J connectivity index is 0.00000363. The van der Waals surface area contributed by atoms with Crippen LogP contribution in [0.3, 0.4) is 0 Å². The van der Waals surface area contributed by atoms with Gasteiger partial charge in [-0.2, -0.15) is 0 Å². The predicted octanol–water partition coefficient (Wildman–Crippen LogP) is 4.43. The molecule has 32 heavy (non-hydrogen) atoms. The van der Waals surface area contributed by atoms with Crippen LogP contribution in [0.1, 0.15) is 39.2 Å². The van der Waals surface area contributed by atoms with E-state index in [2.05, 4.69) is 39.4 Å². The SMILES string of the molecule is CCOc1ccc(Oc2cc(CNC(=NC)NC3CCN(C(C)C)CC3)ccn2)cc1.I. The standard InChI is InChI=1S/C24H35N5O2.HI/c1-5-30-21-6-8-22(9-7-21)31-23-16-19(10-13-26-23)17-27-24(25-4)28-20-11-14-29(15-12-20)18(2)3;/h6-10,13,16,18,20H,5,11-12,14-15,17H2,1-4H3,(H2,25,27,28);1H. The number of rotatable bonds is 8. The molecular formula is C24H36IN5O2. The summed E-state index contributed by atoms with van der Waals surface area (Å²) in [7, 11) is 1.81. The molecule has 0 amide bonds. The molecule has 1 aromatic heterocycles. The maximum Gasteiger partial charge on any atom is 0.219 e. The van der Waals surface area contributed by atoms with Gasteiger partial charge in [0.25, 0.3) is 0 Å². The number of pyridine rings is 1. The molecule has 176 valence electrons. The third kappa shape index (κ3) is 8.12. The number of hydrogen-bond acceptors (Lipinski definition) is 5. The number of aliphatic imine (C=N–C) groups is 1. The summed E-state index contributed by atoms with van der Waals surface area (Å²) in [6, 6.07) is 12.5. The topological polar surface area (TPSA) is 71.0 Å². The minimum atomic E-state index is 0. The number of aromatic nitrogens is 1. The molecule has 1 aliphatic rings. The lowest BCUT2D eigenvalue weighted by Crippen LogP contribution is -2.49. The van der Waals surface area contributed by atoms with Gasteiger partial charge in [-0.25, -0.2) is 4.98 Å². The van der Waals surface area contributed by atoms with Crippen molar-refractivity contribution in [2.45, 2.75) is 52.2 Å². The lowest BCUT2D eigenvalue weighted by Gasteiger charge is -2.35. The quantitative estimate of drug-likeness (QED) is 0.287. The summed E-state index contributed by atoms with van der Waals surface area (Å²) in [5.41, 5.74) is 1.08. The van der Waals surface area contributed by atoms with Gasteiger partial charge in [0.15, 0.2) is 5.96 Å². The lowest BCUT2D eigenvalue weighted by atomic mass is 10.0. The number of ether oxygens (including phenoxy) is 2. The van der Waals surface area contributed by atoms with Crippen LogP contribution in [0.5, 0.6) is 17.4 Å². The fourth-order valence-electron chi connectivity index (χ4n) is 3.64. The van der Waals surface area contributed by atoms with E-state index in [1.807, 2.05) is 50.4 Å². The van der Waals surface area contributed by atoms with Crippen molar-refractivity contribution < 1.29 is 9.47 Å². The Hall–Kier alpha value is -2.07. The van der Waals surface area contributed by atoms with Crippen molar-refractivity contribution in [1.29, 1.82) is 0 Å². The molecule has 2 N–H and O–H groups in total. The number of nitrogens with one attached hydrogen (secondary N) is 2. The normalized spacial score (nSPS) is 15.2. The van der Waals surface area contributed by atoms with E-state index >= 15 is 0 Å². The summed E-state index contributed by atoms with van der Waals surface area (Å²) in [5.74, 6) is 2.95. The van der Waals surface area contributed by atoms with Gasteiger partial charge < -0.3 is 25.0 Å². The van der Waals surface area contributed by atoms with Crippen LogP contribution in [0.25, 0.3) is 0 Å². The van der Waals surface area contributed by atoms with Crippen LogP contribution in [0.4, 0.5) is 0 Å². The molecule has 3 rings (SSSR count). The van der Waals surface area contributed by atoms with Crippen molar-refractivity contribution in [1.82, 2.24) is 20.5 Å². The first kappa shape index (κ1) is 26.2. The molecule has 8 heteroatoms. The van der Waals surface area contributed by atoms with E-state index in [4.69, 9.17) is 9.47 Å².